The molecule has 1 saturated heterocycles. The van der Waals surface area contributed by atoms with Crippen molar-refractivity contribution in [2.75, 3.05) is 40.3 Å². The van der Waals surface area contributed by atoms with Crippen LogP contribution >= 0.6 is 0 Å². The number of likely N-dealkylation sites (tertiary alicyclic amines) is 1. The van der Waals surface area contributed by atoms with Crippen LogP contribution < -0.4 is 10.6 Å². The van der Waals surface area contributed by atoms with Crippen molar-refractivity contribution in [2.24, 2.45) is 22.7 Å². The normalized spacial score (nSPS) is 25.0. The van der Waals surface area contributed by atoms with Crippen LogP contribution in [0.5, 0.6) is 0 Å². The number of methoxy groups -OCH3 is 1. The van der Waals surface area contributed by atoms with E-state index in [0.29, 0.717) is 19.6 Å². The van der Waals surface area contributed by atoms with E-state index in [-0.39, 0.29) is 29.6 Å². The molecule has 1 aliphatic heterocycles. The van der Waals surface area contributed by atoms with Gasteiger partial charge in [0.2, 0.25) is 5.91 Å². The van der Waals surface area contributed by atoms with Gasteiger partial charge in [-0.15, -0.1) is 0 Å². The largest absolute Gasteiger partial charge is 0.469 e. The fraction of sp³-hybridized carbons (Fsp3) is 0.800. The molecule has 1 saturated carbocycles. The first-order valence-corrected chi connectivity index (χ1v) is 7.88. The molecule has 0 aromatic rings. The third-order valence-electron chi connectivity index (χ3n) is 4.28. The highest BCUT2D eigenvalue weighted by Gasteiger charge is 2.36. The summed E-state index contributed by atoms with van der Waals surface area (Å²) >= 11 is 0. The lowest BCUT2D eigenvalue weighted by molar-refractivity contribution is -0.146. The Bertz CT molecular complexity index is 448. The number of rotatable bonds is 5. The summed E-state index contributed by atoms with van der Waals surface area (Å²) in [5.74, 6) is 1.11. The number of ether oxygens (including phenoxy) is 1. The molecule has 1 amide bonds. The number of esters is 1. The van der Waals surface area contributed by atoms with E-state index < -0.39 is 0 Å². The number of amides is 1. The highest BCUT2D eigenvalue weighted by molar-refractivity contribution is 5.82. The van der Waals surface area contributed by atoms with Gasteiger partial charge in [-0.25, -0.2) is 0 Å². The Kier molecular flexibility index (Phi) is 5.63. The van der Waals surface area contributed by atoms with Crippen molar-refractivity contribution in [3.63, 3.8) is 0 Å². The van der Waals surface area contributed by atoms with Gasteiger partial charge in [-0.1, -0.05) is 6.92 Å². The first-order chi connectivity index (χ1) is 10.6. The number of nitrogens with one attached hydrogen (secondary N) is 2. The van der Waals surface area contributed by atoms with Crippen LogP contribution in [0, 0.1) is 17.8 Å². The minimum absolute atomic E-state index is 0.113. The van der Waals surface area contributed by atoms with Gasteiger partial charge in [0, 0.05) is 39.1 Å². The molecule has 0 radical (unpaired) electrons. The van der Waals surface area contributed by atoms with Crippen LogP contribution in [0.4, 0.5) is 0 Å². The van der Waals surface area contributed by atoms with E-state index >= 15 is 0 Å². The second-order valence-electron chi connectivity index (χ2n) is 6.05. The standard InChI is InChI=1S/C15H26N4O3/c1-10-8-19(9-12(10)14(21)22-3)15(16-2)18-7-6-17-13(20)11-4-5-11/h10-12H,4-9H2,1-3H3,(H,16,18)(H,17,20). The molecule has 0 bridgehead atoms. The topological polar surface area (TPSA) is 83.0 Å². The third kappa shape index (κ3) is 4.11. The summed E-state index contributed by atoms with van der Waals surface area (Å²) in [6, 6.07) is 0. The molecule has 22 heavy (non-hydrogen) atoms. The number of aliphatic imine (C=N–C) groups is 1. The Hall–Kier alpha value is -1.79. The Morgan fingerprint density at radius 1 is 1.23 bits per heavy atom. The quantitative estimate of drug-likeness (QED) is 0.319. The number of carbonyl (C=O) groups is 2. The minimum Gasteiger partial charge on any atom is -0.469 e. The lowest BCUT2D eigenvalue weighted by Crippen LogP contribution is -2.43. The van der Waals surface area contributed by atoms with Crippen LogP contribution in [-0.4, -0.2) is 63.1 Å². The van der Waals surface area contributed by atoms with E-state index in [1.54, 1.807) is 7.05 Å². The van der Waals surface area contributed by atoms with Crippen LogP contribution in [0.3, 0.4) is 0 Å². The van der Waals surface area contributed by atoms with Gasteiger partial charge in [0.1, 0.15) is 0 Å². The van der Waals surface area contributed by atoms with E-state index in [4.69, 9.17) is 4.74 Å². The zero-order valence-electron chi connectivity index (χ0n) is 13.6. The predicted molar refractivity (Wildman–Crippen MR) is 83.3 cm³/mol. The lowest BCUT2D eigenvalue weighted by Gasteiger charge is -2.21. The molecular weight excluding hydrogens is 284 g/mol. The average molecular weight is 310 g/mol. The van der Waals surface area contributed by atoms with Crippen molar-refractivity contribution in [3.8, 4) is 0 Å². The van der Waals surface area contributed by atoms with E-state index in [9.17, 15) is 9.59 Å². The molecule has 2 unspecified atom stereocenters. The highest BCUT2D eigenvalue weighted by Crippen LogP contribution is 2.28. The van der Waals surface area contributed by atoms with E-state index in [2.05, 4.69) is 20.5 Å². The molecule has 0 aromatic heterocycles. The van der Waals surface area contributed by atoms with Gasteiger partial charge < -0.3 is 20.3 Å². The van der Waals surface area contributed by atoms with Gasteiger partial charge >= 0.3 is 5.97 Å². The Morgan fingerprint density at radius 2 is 1.91 bits per heavy atom. The maximum atomic E-state index is 11.7. The van der Waals surface area contributed by atoms with Gasteiger partial charge in [0.25, 0.3) is 0 Å². The van der Waals surface area contributed by atoms with Crippen LogP contribution in [0.15, 0.2) is 4.99 Å². The Morgan fingerprint density at radius 3 is 2.50 bits per heavy atom. The maximum Gasteiger partial charge on any atom is 0.310 e. The molecule has 0 aromatic carbocycles. The number of hydrogen-bond acceptors (Lipinski definition) is 4. The summed E-state index contributed by atoms with van der Waals surface area (Å²) in [6.07, 6.45) is 2.03. The monoisotopic (exact) mass is 310 g/mol. The molecule has 1 heterocycles. The Labute approximate surface area is 131 Å². The number of hydrogen-bond donors (Lipinski definition) is 2. The van der Waals surface area contributed by atoms with Crippen LogP contribution in [0.25, 0.3) is 0 Å². The van der Waals surface area contributed by atoms with Gasteiger partial charge in [-0.2, -0.15) is 0 Å². The summed E-state index contributed by atoms with van der Waals surface area (Å²) in [4.78, 5) is 29.6. The maximum absolute atomic E-state index is 11.7. The number of guanidine groups is 1. The molecule has 124 valence electrons. The summed E-state index contributed by atoms with van der Waals surface area (Å²) in [5, 5.41) is 6.14. The van der Waals surface area contributed by atoms with Crippen molar-refractivity contribution in [2.45, 2.75) is 19.8 Å². The highest BCUT2D eigenvalue weighted by atomic mass is 16.5. The molecule has 7 nitrogen and oxygen atoms in total. The molecule has 2 aliphatic rings. The summed E-state index contributed by atoms with van der Waals surface area (Å²) in [6.45, 7) is 4.64. The second-order valence-corrected chi connectivity index (χ2v) is 6.05. The van der Waals surface area contributed by atoms with E-state index in [1.165, 1.54) is 7.11 Å². The smallest absolute Gasteiger partial charge is 0.310 e. The fourth-order valence-corrected chi connectivity index (χ4v) is 2.78. The Balaban J connectivity index is 1.74. The predicted octanol–water partition coefficient (Wildman–Crippen LogP) is -0.171. The van der Waals surface area contributed by atoms with Crippen LogP contribution in [0.1, 0.15) is 19.8 Å². The molecule has 1 aliphatic carbocycles. The fourth-order valence-electron chi connectivity index (χ4n) is 2.78. The van der Waals surface area contributed by atoms with Crippen LogP contribution in [-0.2, 0) is 14.3 Å². The van der Waals surface area contributed by atoms with Gasteiger partial charge in [0.05, 0.1) is 13.0 Å². The molecule has 7 heteroatoms. The van der Waals surface area contributed by atoms with Crippen molar-refractivity contribution in [1.29, 1.82) is 0 Å². The zero-order chi connectivity index (χ0) is 16.1. The molecular formula is C15H26N4O3. The summed E-state index contributed by atoms with van der Waals surface area (Å²) in [5.41, 5.74) is 0. The number of nitrogens with zero attached hydrogens (tertiary/aromatic N) is 2. The van der Waals surface area contributed by atoms with Gasteiger partial charge in [0.15, 0.2) is 5.96 Å². The third-order valence-corrected chi connectivity index (χ3v) is 4.28. The second kappa shape index (κ2) is 7.47. The van der Waals surface area contributed by atoms with Crippen molar-refractivity contribution in [1.82, 2.24) is 15.5 Å². The minimum atomic E-state index is -0.165. The lowest BCUT2D eigenvalue weighted by atomic mass is 9.99. The van der Waals surface area contributed by atoms with Crippen molar-refractivity contribution < 1.29 is 14.3 Å². The molecule has 2 rings (SSSR count). The van der Waals surface area contributed by atoms with E-state index in [1.807, 2.05) is 6.92 Å². The van der Waals surface area contributed by atoms with Crippen molar-refractivity contribution >= 4 is 17.8 Å². The molecule has 0 spiro atoms. The molecule has 2 N–H and O–H groups in total. The van der Waals surface area contributed by atoms with Gasteiger partial charge in [-0.3, -0.25) is 14.6 Å². The summed E-state index contributed by atoms with van der Waals surface area (Å²) < 4.78 is 4.85. The average Bonchev–Trinajstić information content (AvgIpc) is 3.29. The molecule has 2 atom stereocenters. The SMILES string of the molecule is CN=C(NCCNC(=O)C1CC1)N1CC(C)C(C(=O)OC)C1. The molecule has 2 fully saturated rings. The zero-order valence-corrected chi connectivity index (χ0v) is 13.6. The van der Waals surface area contributed by atoms with Crippen molar-refractivity contribution in [3.05, 3.63) is 0 Å². The number of carbonyl (C=O) groups excluding carboxylic acids is 2. The van der Waals surface area contributed by atoms with Gasteiger partial charge in [-0.05, 0) is 18.8 Å². The first kappa shape index (κ1) is 16.6. The first-order valence-electron chi connectivity index (χ1n) is 7.88. The van der Waals surface area contributed by atoms with Crippen LogP contribution in [0.2, 0.25) is 0 Å². The summed E-state index contributed by atoms with van der Waals surface area (Å²) in [7, 11) is 3.15. The van der Waals surface area contributed by atoms with E-state index in [0.717, 1.165) is 25.3 Å².